The van der Waals surface area contributed by atoms with Crippen molar-refractivity contribution in [3.05, 3.63) is 46.9 Å². The summed E-state index contributed by atoms with van der Waals surface area (Å²) >= 11 is 0. The minimum absolute atomic E-state index is 0.285. The highest BCUT2D eigenvalue weighted by atomic mass is 16.5. The Morgan fingerprint density at radius 1 is 1.08 bits per heavy atom. The molecule has 0 heterocycles. The standard InChI is InChI=1S/C19H26N4O/c1-4-5-6-9-24-19-11-18(15(21)10-16(19)22)23-17-8-7-14(20)12(2)13(17)3/h7-8,10-11,22H,4-6,9,20-21H2,1-3H3. The molecule has 0 bridgehead atoms. The van der Waals surface area contributed by atoms with Gasteiger partial charge in [0.05, 0.1) is 29.4 Å². The van der Waals surface area contributed by atoms with Crippen LogP contribution in [0, 0.1) is 19.3 Å². The van der Waals surface area contributed by atoms with Crippen molar-refractivity contribution in [2.45, 2.75) is 40.0 Å². The summed E-state index contributed by atoms with van der Waals surface area (Å²) in [5, 5.41) is 8.01. The van der Waals surface area contributed by atoms with E-state index < -0.39 is 0 Å². The number of benzene rings is 1. The Morgan fingerprint density at radius 3 is 2.54 bits per heavy atom. The fourth-order valence-corrected chi connectivity index (χ4v) is 2.41. The molecule has 0 atom stereocenters. The fraction of sp³-hybridized carbons (Fsp3) is 0.368. The van der Waals surface area contributed by atoms with Crippen LogP contribution in [0.1, 0.15) is 37.3 Å². The molecule has 1 aliphatic carbocycles. The average Bonchev–Trinajstić information content (AvgIpc) is 2.55. The van der Waals surface area contributed by atoms with Crippen LogP contribution in [0.3, 0.4) is 0 Å². The smallest absolute Gasteiger partial charge is 0.146 e. The molecule has 5 heteroatoms. The Hall–Kier alpha value is -2.56. The van der Waals surface area contributed by atoms with Crippen LogP contribution in [0.2, 0.25) is 0 Å². The highest BCUT2D eigenvalue weighted by Gasteiger charge is 2.16. The van der Waals surface area contributed by atoms with Crippen LogP contribution in [0.4, 0.5) is 11.4 Å². The molecule has 0 unspecified atom stereocenters. The number of hydrogen-bond donors (Lipinski definition) is 3. The third-order valence-electron chi connectivity index (χ3n) is 4.18. The molecule has 0 aromatic heterocycles. The second-order valence-corrected chi connectivity index (χ2v) is 6.00. The maximum atomic E-state index is 8.01. The predicted octanol–water partition coefficient (Wildman–Crippen LogP) is 3.92. The highest BCUT2D eigenvalue weighted by Crippen LogP contribution is 2.27. The van der Waals surface area contributed by atoms with Crippen LogP contribution < -0.4 is 11.5 Å². The zero-order chi connectivity index (χ0) is 17.7. The van der Waals surface area contributed by atoms with Gasteiger partial charge < -0.3 is 16.2 Å². The Morgan fingerprint density at radius 2 is 1.83 bits per heavy atom. The lowest BCUT2D eigenvalue weighted by atomic mass is 10.0. The van der Waals surface area contributed by atoms with Crippen molar-refractivity contribution in [3.63, 3.8) is 0 Å². The number of hydrogen-bond acceptors (Lipinski definition) is 5. The number of ether oxygens (including phenoxy) is 1. The van der Waals surface area contributed by atoms with Gasteiger partial charge in [0.1, 0.15) is 5.76 Å². The van der Waals surface area contributed by atoms with Gasteiger partial charge in [-0.3, -0.25) is 5.41 Å². The second-order valence-electron chi connectivity index (χ2n) is 6.00. The van der Waals surface area contributed by atoms with Crippen LogP contribution in [0.15, 0.2) is 40.7 Å². The molecule has 128 valence electrons. The molecule has 0 radical (unpaired) electrons. The minimum Gasteiger partial charge on any atom is -0.491 e. The number of allylic oxidation sites excluding steroid dienone is 2. The van der Waals surface area contributed by atoms with Crippen LogP contribution in [0.25, 0.3) is 0 Å². The summed E-state index contributed by atoms with van der Waals surface area (Å²) < 4.78 is 5.72. The number of anilines is 1. The summed E-state index contributed by atoms with van der Waals surface area (Å²) in [6, 6.07) is 3.73. The van der Waals surface area contributed by atoms with Crippen LogP contribution in [0.5, 0.6) is 0 Å². The van der Waals surface area contributed by atoms with E-state index in [0.717, 1.165) is 41.8 Å². The maximum absolute atomic E-state index is 8.01. The van der Waals surface area contributed by atoms with E-state index in [2.05, 4.69) is 11.9 Å². The molecule has 1 aromatic rings. The Balaban J connectivity index is 2.27. The molecule has 0 saturated carbocycles. The van der Waals surface area contributed by atoms with Crippen molar-refractivity contribution in [2.24, 2.45) is 10.7 Å². The van der Waals surface area contributed by atoms with E-state index >= 15 is 0 Å². The summed E-state index contributed by atoms with van der Waals surface area (Å²) in [6.07, 6.45) is 6.56. The zero-order valence-corrected chi connectivity index (χ0v) is 14.6. The van der Waals surface area contributed by atoms with Crippen LogP contribution in [-0.2, 0) is 4.74 Å². The first kappa shape index (κ1) is 17.8. The van der Waals surface area contributed by atoms with E-state index in [1.807, 2.05) is 26.0 Å². The Labute approximate surface area is 143 Å². The number of rotatable bonds is 6. The van der Waals surface area contributed by atoms with Gasteiger partial charge in [-0.2, -0.15) is 0 Å². The van der Waals surface area contributed by atoms with Crippen molar-refractivity contribution in [2.75, 3.05) is 12.3 Å². The SMILES string of the molecule is CCCCCOC1=CC(=Nc2ccc(N)c(C)c2C)C(N)=CC1=N. The number of nitrogens with zero attached hydrogens (tertiary/aromatic N) is 1. The van der Waals surface area contributed by atoms with Crippen molar-refractivity contribution in [3.8, 4) is 0 Å². The average molecular weight is 326 g/mol. The monoisotopic (exact) mass is 326 g/mol. The van der Waals surface area contributed by atoms with Gasteiger partial charge in [-0.15, -0.1) is 0 Å². The number of nitrogen functional groups attached to an aromatic ring is 1. The zero-order valence-electron chi connectivity index (χ0n) is 14.6. The first-order valence-electron chi connectivity index (χ1n) is 8.29. The van der Waals surface area contributed by atoms with Crippen molar-refractivity contribution < 1.29 is 4.74 Å². The largest absolute Gasteiger partial charge is 0.491 e. The van der Waals surface area contributed by atoms with Gasteiger partial charge in [0, 0.05) is 11.8 Å². The molecule has 0 saturated heterocycles. The van der Waals surface area contributed by atoms with Gasteiger partial charge in [-0.05, 0) is 49.6 Å². The molecule has 2 rings (SSSR count). The fourth-order valence-electron chi connectivity index (χ4n) is 2.41. The maximum Gasteiger partial charge on any atom is 0.146 e. The summed E-state index contributed by atoms with van der Waals surface area (Å²) in [5.41, 5.74) is 16.9. The molecule has 5 nitrogen and oxygen atoms in total. The number of aliphatic imine (C=N–C) groups is 1. The second kappa shape index (κ2) is 7.81. The van der Waals surface area contributed by atoms with E-state index in [-0.39, 0.29) is 5.71 Å². The first-order valence-corrected chi connectivity index (χ1v) is 8.29. The summed E-state index contributed by atoms with van der Waals surface area (Å²) in [7, 11) is 0. The van der Waals surface area contributed by atoms with Gasteiger partial charge in [-0.1, -0.05) is 19.8 Å². The van der Waals surface area contributed by atoms with E-state index in [0.29, 0.717) is 23.8 Å². The van der Waals surface area contributed by atoms with Gasteiger partial charge in [0.25, 0.3) is 0 Å². The molecule has 1 aromatic carbocycles. The van der Waals surface area contributed by atoms with Gasteiger partial charge >= 0.3 is 0 Å². The molecule has 0 aliphatic heterocycles. The topological polar surface area (TPSA) is 97.5 Å². The molecule has 5 N–H and O–H groups in total. The van der Waals surface area contributed by atoms with Gasteiger partial charge in [0.15, 0.2) is 0 Å². The third-order valence-corrected chi connectivity index (χ3v) is 4.18. The summed E-state index contributed by atoms with van der Waals surface area (Å²) in [4.78, 5) is 4.64. The Kier molecular flexibility index (Phi) is 5.79. The molecular formula is C19H26N4O. The van der Waals surface area contributed by atoms with Crippen molar-refractivity contribution in [1.82, 2.24) is 0 Å². The number of nitrogens with two attached hydrogens (primary N) is 2. The van der Waals surface area contributed by atoms with E-state index in [1.54, 1.807) is 12.2 Å². The van der Waals surface area contributed by atoms with E-state index in [9.17, 15) is 0 Å². The number of nitrogens with one attached hydrogen (secondary N) is 1. The van der Waals surface area contributed by atoms with Gasteiger partial charge in [0.2, 0.25) is 0 Å². The van der Waals surface area contributed by atoms with Crippen LogP contribution in [-0.4, -0.2) is 18.0 Å². The molecule has 24 heavy (non-hydrogen) atoms. The van der Waals surface area contributed by atoms with Crippen molar-refractivity contribution >= 4 is 22.8 Å². The van der Waals surface area contributed by atoms with Crippen molar-refractivity contribution in [1.29, 1.82) is 5.41 Å². The molecule has 0 spiro atoms. The molecule has 0 amide bonds. The van der Waals surface area contributed by atoms with Crippen LogP contribution >= 0.6 is 0 Å². The van der Waals surface area contributed by atoms with E-state index in [4.69, 9.17) is 21.6 Å². The highest BCUT2D eigenvalue weighted by molar-refractivity contribution is 6.22. The molecule has 0 fully saturated rings. The first-order chi connectivity index (χ1) is 11.4. The molecular weight excluding hydrogens is 300 g/mol. The lowest BCUT2D eigenvalue weighted by molar-refractivity contribution is 0.224. The molecule has 1 aliphatic rings. The van der Waals surface area contributed by atoms with E-state index in [1.165, 1.54) is 0 Å². The minimum atomic E-state index is 0.285. The summed E-state index contributed by atoms with van der Waals surface area (Å²) in [5.74, 6) is 0.517. The third kappa shape index (κ3) is 4.04. The quantitative estimate of drug-likeness (QED) is 0.420. The predicted molar refractivity (Wildman–Crippen MR) is 101 cm³/mol. The summed E-state index contributed by atoms with van der Waals surface area (Å²) in [6.45, 7) is 6.71. The van der Waals surface area contributed by atoms with Gasteiger partial charge in [-0.25, -0.2) is 4.99 Å². The lowest BCUT2D eigenvalue weighted by Crippen LogP contribution is -2.20. The normalized spacial score (nSPS) is 16.1. The number of unbranched alkanes of at least 4 members (excludes halogenated alkanes) is 2. The lowest BCUT2D eigenvalue weighted by Gasteiger charge is -2.16. The Bertz CT molecular complexity index is 729.